The predicted molar refractivity (Wildman–Crippen MR) is 111 cm³/mol. The molecule has 0 heterocycles. The zero-order valence-electron chi connectivity index (χ0n) is 16.2. The Labute approximate surface area is 170 Å². The SMILES string of the molecule is O=C(O)CCc1ccc(OC2CCc3cc(OCc4ccccc4)ccc32)cc1. The van der Waals surface area contributed by atoms with E-state index < -0.39 is 5.97 Å². The van der Waals surface area contributed by atoms with Gasteiger partial charge < -0.3 is 14.6 Å². The van der Waals surface area contributed by atoms with Gasteiger partial charge in [0.05, 0.1) is 0 Å². The molecule has 0 saturated heterocycles. The minimum absolute atomic E-state index is 0.0399. The number of ether oxygens (including phenoxy) is 2. The standard InChI is InChI=1S/C25H24O4/c26-25(27)15-8-18-6-10-21(11-7-18)29-24-14-9-20-16-22(12-13-23(20)24)28-17-19-4-2-1-3-5-19/h1-7,10-13,16,24H,8-9,14-15,17H2,(H,26,27). The van der Waals surface area contributed by atoms with Gasteiger partial charge in [-0.1, -0.05) is 48.5 Å². The lowest BCUT2D eigenvalue weighted by Crippen LogP contribution is -2.04. The number of aliphatic carboxylic acids is 1. The third kappa shape index (κ3) is 4.96. The van der Waals surface area contributed by atoms with E-state index in [9.17, 15) is 4.79 Å². The Balaban J connectivity index is 1.36. The monoisotopic (exact) mass is 388 g/mol. The Morgan fingerprint density at radius 3 is 2.45 bits per heavy atom. The van der Waals surface area contributed by atoms with Crippen LogP contribution in [0.5, 0.6) is 11.5 Å². The summed E-state index contributed by atoms with van der Waals surface area (Å²) in [5.74, 6) is 0.919. The molecule has 29 heavy (non-hydrogen) atoms. The van der Waals surface area contributed by atoms with E-state index >= 15 is 0 Å². The first-order valence-corrected chi connectivity index (χ1v) is 9.94. The van der Waals surface area contributed by atoms with Crippen LogP contribution in [0.15, 0.2) is 72.8 Å². The Morgan fingerprint density at radius 2 is 1.69 bits per heavy atom. The summed E-state index contributed by atoms with van der Waals surface area (Å²) in [5, 5.41) is 8.79. The van der Waals surface area contributed by atoms with E-state index in [-0.39, 0.29) is 12.5 Å². The van der Waals surface area contributed by atoms with Crippen LogP contribution in [-0.2, 0) is 24.2 Å². The van der Waals surface area contributed by atoms with Crippen molar-refractivity contribution in [2.75, 3.05) is 0 Å². The minimum Gasteiger partial charge on any atom is -0.489 e. The Bertz CT molecular complexity index is 964. The average molecular weight is 388 g/mol. The van der Waals surface area contributed by atoms with Gasteiger partial charge in [-0.2, -0.15) is 0 Å². The lowest BCUT2D eigenvalue weighted by Gasteiger charge is -2.16. The van der Waals surface area contributed by atoms with E-state index in [4.69, 9.17) is 14.6 Å². The summed E-state index contributed by atoms with van der Waals surface area (Å²) in [6.45, 7) is 0.563. The van der Waals surface area contributed by atoms with Gasteiger partial charge in [0.1, 0.15) is 24.2 Å². The molecule has 0 radical (unpaired) electrons. The van der Waals surface area contributed by atoms with Crippen LogP contribution in [0.25, 0.3) is 0 Å². The highest BCUT2D eigenvalue weighted by Gasteiger charge is 2.24. The van der Waals surface area contributed by atoms with Crippen molar-refractivity contribution in [1.82, 2.24) is 0 Å². The molecule has 4 rings (SSSR count). The first kappa shape index (κ1) is 19.1. The lowest BCUT2D eigenvalue weighted by molar-refractivity contribution is -0.136. The number of fused-ring (bicyclic) bond motifs is 1. The van der Waals surface area contributed by atoms with E-state index in [2.05, 4.69) is 24.3 Å². The van der Waals surface area contributed by atoms with Gasteiger partial charge >= 0.3 is 5.97 Å². The van der Waals surface area contributed by atoms with Gasteiger partial charge in [0.2, 0.25) is 0 Å². The Morgan fingerprint density at radius 1 is 0.931 bits per heavy atom. The molecule has 1 aliphatic carbocycles. The average Bonchev–Trinajstić information content (AvgIpc) is 3.14. The summed E-state index contributed by atoms with van der Waals surface area (Å²) in [6, 6.07) is 24.1. The molecular formula is C25H24O4. The molecule has 0 saturated carbocycles. The number of carboxylic acids is 1. The maximum Gasteiger partial charge on any atom is 0.303 e. The molecule has 1 N–H and O–H groups in total. The molecule has 148 valence electrons. The summed E-state index contributed by atoms with van der Waals surface area (Å²) in [4.78, 5) is 10.7. The molecule has 1 aliphatic rings. The van der Waals surface area contributed by atoms with E-state index in [0.29, 0.717) is 13.0 Å². The summed E-state index contributed by atoms with van der Waals surface area (Å²) in [7, 11) is 0. The van der Waals surface area contributed by atoms with Gasteiger partial charge in [-0.3, -0.25) is 4.79 Å². The highest BCUT2D eigenvalue weighted by Crippen LogP contribution is 2.37. The van der Waals surface area contributed by atoms with Crippen LogP contribution in [0.2, 0.25) is 0 Å². The third-order valence-electron chi connectivity index (χ3n) is 5.21. The second-order valence-corrected chi connectivity index (χ2v) is 7.32. The van der Waals surface area contributed by atoms with Crippen molar-refractivity contribution in [3.63, 3.8) is 0 Å². The first-order valence-electron chi connectivity index (χ1n) is 9.94. The van der Waals surface area contributed by atoms with E-state index in [1.54, 1.807) is 0 Å². The number of carboxylic acid groups (broad SMARTS) is 1. The van der Waals surface area contributed by atoms with Crippen molar-refractivity contribution in [3.8, 4) is 11.5 Å². The Hall–Kier alpha value is -3.27. The molecule has 1 unspecified atom stereocenters. The lowest BCUT2D eigenvalue weighted by atomic mass is 10.1. The van der Waals surface area contributed by atoms with Gasteiger partial charge in [-0.05, 0) is 65.8 Å². The fraction of sp³-hybridized carbons (Fsp3) is 0.240. The van der Waals surface area contributed by atoms with Crippen molar-refractivity contribution in [1.29, 1.82) is 0 Å². The molecule has 0 bridgehead atoms. The summed E-state index contributed by atoms with van der Waals surface area (Å²) >= 11 is 0. The highest BCUT2D eigenvalue weighted by atomic mass is 16.5. The van der Waals surface area contributed by atoms with Crippen molar-refractivity contribution >= 4 is 5.97 Å². The number of carbonyl (C=O) groups is 1. The quantitative estimate of drug-likeness (QED) is 0.565. The molecule has 1 atom stereocenters. The molecule has 4 nitrogen and oxygen atoms in total. The van der Waals surface area contributed by atoms with E-state index in [0.717, 1.165) is 35.5 Å². The van der Waals surface area contributed by atoms with Crippen LogP contribution in [0.3, 0.4) is 0 Å². The predicted octanol–water partition coefficient (Wildman–Crippen LogP) is 5.35. The number of aryl methyl sites for hydroxylation is 2. The van der Waals surface area contributed by atoms with Crippen molar-refractivity contribution in [3.05, 3.63) is 95.1 Å². The van der Waals surface area contributed by atoms with E-state index in [1.807, 2.05) is 48.5 Å². The molecule has 3 aromatic rings. The normalized spacial score (nSPS) is 15.0. The van der Waals surface area contributed by atoms with Crippen molar-refractivity contribution in [2.45, 2.75) is 38.4 Å². The summed E-state index contributed by atoms with van der Waals surface area (Å²) in [6.07, 6.45) is 2.63. The van der Waals surface area contributed by atoms with Gasteiger partial charge in [0, 0.05) is 6.42 Å². The number of benzene rings is 3. The highest BCUT2D eigenvalue weighted by molar-refractivity contribution is 5.67. The molecule has 0 fully saturated rings. The topological polar surface area (TPSA) is 55.8 Å². The van der Waals surface area contributed by atoms with Crippen LogP contribution in [0.1, 0.15) is 41.2 Å². The summed E-state index contributed by atoms with van der Waals surface area (Å²) in [5.41, 5.74) is 4.65. The number of rotatable bonds is 8. The maximum absolute atomic E-state index is 10.7. The van der Waals surface area contributed by atoms with Crippen molar-refractivity contribution in [2.24, 2.45) is 0 Å². The molecule has 4 heteroatoms. The largest absolute Gasteiger partial charge is 0.489 e. The second kappa shape index (κ2) is 8.82. The molecule has 0 spiro atoms. The Kier molecular flexibility index (Phi) is 5.80. The van der Waals surface area contributed by atoms with Crippen molar-refractivity contribution < 1.29 is 19.4 Å². The third-order valence-corrected chi connectivity index (χ3v) is 5.21. The summed E-state index contributed by atoms with van der Waals surface area (Å²) < 4.78 is 12.1. The number of hydrogen-bond donors (Lipinski definition) is 1. The van der Waals surface area contributed by atoms with Gasteiger partial charge in [0.15, 0.2) is 0 Å². The van der Waals surface area contributed by atoms with Crippen LogP contribution < -0.4 is 9.47 Å². The maximum atomic E-state index is 10.7. The van der Waals surface area contributed by atoms with Gasteiger partial charge in [0.25, 0.3) is 0 Å². The van der Waals surface area contributed by atoms with Gasteiger partial charge in [-0.15, -0.1) is 0 Å². The number of hydrogen-bond acceptors (Lipinski definition) is 3. The fourth-order valence-corrected chi connectivity index (χ4v) is 3.66. The fourth-order valence-electron chi connectivity index (χ4n) is 3.66. The minimum atomic E-state index is -0.778. The van der Waals surface area contributed by atoms with Gasteiger partial charge in [-0.25, -0.2) is 0 Å². The first-order chi connectivity index (χ1) is 14.2. The van der Waals surface area contributed by atoms with Crippen LogP contribution in [-0.4, -0.2) is 11.1 Å². The smallest absolute Gasteiger partial charge is 0.303 e. The molecule has 3 aromatic carbocycles. The molecule has 0 amide bonds. The van der Waals surface area contributed by atoms with E-state index in [1.165, 1.54) is 11.1 Å². The molecule has 0 aromatic heterocycles. The van der Waals surface area contributed by atoms with Crippen LogP contribution in [0, 0.1) is 0 Å². The second-order valence-electron chi connectivity index (χ2n) is 7.32. The molecular weight excluding hydrogens is 364 g/mol. The van der Waals surface area contributed by atoms with Crippen LogP contribution >= 0.6 is 0 Å². The zero-order valence-corrected chi connectivity index (χ0v) is 16.2. The zero-order chi connectivity index (χ0) is 20.1. The molecule has 0 aliphatic heterocycles. The van der Waals surface area contributed by atoms with Crippen LogP contribution in [0.4, 0.5) is 0 Å².